The Balaban J connectivity index is 1.27. The van der Waals surface area contributed by atoms with Gasteiger partial charge in [0.15, 0.2) is 0 Å². The van der Waals surface area contributed by atoms with Crippen molar-refractivity contribution in [2.75, 3.05) is 58.3 Å². The third-order valence-corrected chi connectivity index (χ3v) is 8.68. The van der Waals surface area contributed by atoms with Gasteiger partial charge in [-0.1, -0.05) is 30.9 Å². The van der Waals surface area contributed by atoms with Crippen LogP contribution in [0.1, 0.15) is 62.2 Å². The van der Waals surface area contributed by atoms with Crippen molar-refractivity contribution in [3.05, 3.63) is 28.8 Å². The van der Waals surface area contributed by atoms with Crippen molar-refractivity contribution >= 4 is 29.1 Å². The van der Waals surface area contributed by atoms with Gasteiger partial charge in [0.2, 0.25) is 0 Å². The van der Waals surface area contributed by atoms with Gasteiger partial charge in [-0.2, -0.15) is 0 Å². The first-order valence-corrected chi connectivity index (χ1v) is 13.6. The molecule has 2 saturated heterocycles. The second kappa shape index (κ2) is 11.1. The number of carbonyl (C=O) groups excluding carboxylic acids is 2. The third-order valence-electron chi connectivity index (χ3n) is 8.37. The molecule has 2 amide bonds. The maximum Gasteiger partial charge on any atom is 0.254 e. The molecule has 3 aliphatic rings. The highest BCUT2D eigenvalue weighted by atomic mass is 35.5. The van der Waals surface area contributed by atoms with Gasteiger partial charge in [-0.15, -0.1) is 0 Å². The number of nitrogens with zero attached hydrogens (tertiary/aromatic N) is 4. The van der Waals surface area contributed by atoms with Crippen molar-refractivity contribution in [3.63, 3.8) is 0 Å². The lowest BCUT2D eigenvalue weighted by Gasteiger charge is -2.45. The molecule has 0 radical (unpaired) electrons. The van der Waals surface area contributed by atoms with Gasteiger partial charge in [0.1, 0.15) is 5.60 Å². The minimum atomic E-state index is -1.23. The van der Waals surface area contributed by atoms with Crippen molar-refractivity contribution in [1.82, 2.24) is 14.7 Å². The number of piperazine rings is 1. The molecule has 1 atom stereocenters. The molecule has 1 N–H and O–H groups in total. The SMILES string of the molecule is CN(C)C(=O)c1ccc(N2CCN(C3CCN(C(=O)[C@](C)(O)C4CCCCC4)CC3)CC2)cc1Cl. The van der Waals surface area contributed by atoms with Crippen LogP contribution >= 0.6 is 11.6 Å². The number of benzene rings is 1. The Morgan fingerprint density at radius 3 is 2.17 bits per heavy atom. The molecule has 1 aromatic carbocycles. The summed E-state index contributed by atoms with van der Waals surface area (Å²) in [4.78, 5) is 33.7. The number of halogens is 1. The number of amides is 2. The summed E-state index contributed by atoms with van der Waals surface area (Å²) >= 11 is 6.42. The van der Waals surface area contributed by atoms with Crippen molar-refractivity contribution in [3.8, 4) is 0 Å². The summed E-state index contributed by atoms with van der Waals surface area (Å²) < 4.78 is 0. The average molecular weight is 505 g/mol. The molecule has 35 heavy (non-hydrogen) atoms. The fourth-order valence-electron chi connectivity index (χ4n) is 6.05. The fourth-order valence-corrected chi connectivity index (χ4v) is 6.31. The summed E-state index contributed by atoms with van der Waals surface area (Å²) in [5.41, 5.74) is 0.352. The molecular formula is C27H41ClN4O3. The van der Waals surface area contributed by atoms with Gasteiger partial charge in [-0.25, -0.2) is 0 Å². The Labute approximate surface area is 215 Å². The smallest absolute Gasteiger partial charge is 0.254 e. The second-order valence-electron chi connectivity index (χ2n) is 10.9. The Kier molecular flexibility index (Phi) is 8.29. The van der Waals surface area contributed by atoms with Crippen molar-refractivity contribution in [2.45, 2.75) is 63.5 Å². The van der Waals surface area contributed by atoms with E-state index in [0.717, 1.165) is 83.5 Å². The van der Waals surface area contributed by atoms with E-state index in [1.54, 1.807) is 21.0 Å². The zero-order chi connectivity index (χ0) is 25.2. The molecule has 4 rings (SSSR count). The van der Waals surface area contributed by atoms with E-state index in [4.69, 9.17) is 11.6 Å². The average Bonchev–Trinajstić information content (AvgIpc) is 2.88. The molecular weight excluding hydrogens is 464 g/mol. The maximum atomic E-state index is 13.2. The van der Waals surface area contributed by atoms with Gasteiger partial charge in [0.05, 0.1) is 10.6 Å². The fraction of sp³-hybridized carbons (Fsp3) is 0.704. The highest BCUT2D eigenvalue weighted by Gasteiger charge is 2.43. The van der Waals surface area contributed by atoms with E-state index in [-0.39, 0.29) is 17.7 Å². The minimum Gasteiger partial charge on any atom is -0.380 e. The lowest BCUT2D eigenvalue weighted by molar-refractivity contribution is -0.158. The number of carbonyl (C=O) groups is 2. The van der Waals surface area contributed by atoms with E-state index >= 15 is 0 Å². The number of likely N-dealkylation sites (tertiary alicyclic amines) is 1. The molecule has 8 heteroatoms. The van der Waals surface area contributed by atoms with Crippen LogP contribution in [0.15, 0.2) is 18.2 Å². The summed E-state index contributed by atoms with van der Waals surface area (Å²) in [5.74, 6) is -0.0599. The lowest BCUT2D eigenvalue weighted by Crippen LogP contribution is -2.57. The molecule has 3 fully saturated rings. The quantitative estimate of drug-likeness (QED) is 0.665. The van der Waals surface area contributed by atoms with Crippen LogP contribution in [0.3, 0.4) is 0 Å². The predicted molar refractivity (Wildman–Crippen MR) is 140 cm³/mol. The van der Waals surface area contributed by atoms with Gasteiger partial charge >= 0.3 is 0 Å². The maximum absolute atomic E-state index is 13.2. The Bertz CT molecular complexity index is 900. The van der Waals surface area contributed by atoms with Crippen LogP contribution in [0.5, 0.6) is 0 Å². The van der Waals surface area contributed by atoms with E-state index in [9.17, 15) is 14.7 Å². The molecule has 2 heterocycles. The van der Waals surface area contributed by atoms with Gasteiger partial charge < -0.3 is 19.8 Å². The number of piperidine rings is 1. The first-order valence-electron chi connectivity index (χ1n) is 13.2. The second-order valence-corrected chi connectivity index (χ2v) is 11.3. The third kappa shape index (κ3) is 5.78. The minimum absolute atomic E-state index is 0.0688. The zero-order valence-electron chi connectivity index (χ0n) is 21.5. The molecule has 1 aromatic rings. The van der Waals surface area contributed by atoms with Crippen LogP contribution < -0.4 is 4.90 Å². The van der Waals surface area contributed by atoms with Gasteiger partial charge in [0.25, 0.3) is 11.8 Å². The number of anilines is 1. The highest BCUT2D eigenvalue weighted by Crippen LogP contribution is 2.34. The van der Waals surface area contributed by atoms with Gasteiger partial charge in [-0.05, 0) is 56.7 Å². The van der Waals surface area contributed by atoms with Gasteiger partial charge in [0, 0.05) is 65.1 Å². The van der Waals surface area contributed by atoms with Crippen LogP contribution in [-0.2, 0) is 4.79 Å². The van der Waals surface area contributed by atoms with E-state index in [1.807, 2.05) is 23.1 Å². The van der Waals surface area contributed by atoms with Crippen molar-refractivity contribution in [2.24, 2.45) is 5.92 Å². The van der Waals surface area contributed by atoms with Gasteiger partial charge in [-0.3, -0.25) is 14.5 Å². The molecule has 194 valence electrons. The monoisotopic (exact) mass is 504 g/mol. The van der Waals surface area contributed by atoms with Crippen LogP contribution in [0.2, 0.25) is 5.02 Å². The van der Waals surface area contributed by atoms with Crippen molar-refractivity contribution in [1.29, 1.82) is 0 Å². The largest absolute Gasteiger partial charge is 0.380 e. The van der Waals surface area contributed by atoms with E-state index in [0.29, 0.717) is 16.6 Å². The Morgan fingerprint density at radius 1 is 0.971 bits per heavy atom. The van der Waals surface area contributed by atoms with Crippen molar-refractivity contribution < 1.29 is 14.7 Å². The number of rotatable bonds is 5. The molecule has 0 spiro atoms. The van der Waals surface area contributed by atoms with E-state index in [2.05, 4.69) is 9.80 Å². The highest BCUT2D eigenvalue weighted by molar-refractivity contribution is 6.34. The molecule has 0 aromatic heterocycles. The first kappa shape index (κ1) is 26.2. The molecule has 7 nitrogen and oxygen atoms in total. The number of hydrogen-bond donors (Lipinski definition) is 1. The Hall–Kier alpha value is -1.83. The summed E-state index contributed by atoms with van der Waals surface area (Å²) in [5, 5.41) is 11.6. The molecule has 2 aliphatic heterocycles. The van der Waals surface area contributed by atoms with Crippen LogP contribution in [0.4, 0.5) is 5.69 Å². The Morgan fingerprint density at radius 2 is 1.60 bits per heavy atom. The summed E-state index contributed by atoms with van der Waals surface area (Å²) in [6.45, 7) is 6.95. The summed E-state index contributed by atoms with van der Waals surface area (Å²) in [6.07, 6.45) is 7.28. The lowest BCUT2D eigenvalue weighted by atomic mass is 9.77. The van der Waals surface area contributed by atoms with E-state index in [1.165, 1.54) is 11.3 Å². The first-order chi connectivity index (χ1) is 16.7. The number of hydrogen-bond acceptors (Lipinski definition) is 5. The number of aliphatic hydroxyl groups is 1. The van der Waals surface area contributed by atoms with Crippen LogP contribution in [-0.4, -0.2) is 96.6 Å². The standard InChI is InChI=1S/C27H41ClN4O3/c1-27(35,20-7-5-4-6-8-20)26(34)32-13-11-21(12-14-32)30-15-17-31(18-16-30)22-9-10-23(24(28)19-22)25(33)29(2)3/h9-10,19-21,35H,4-8,11-18H2,1-3H3/t27-/m1/s1. The molecule has 1 aliphatic carbocycles. The normalized spacial score (nSPS) is 22.7. The molecule has 0 unspecified atom stereocenters. The zero-order valence-corrected chi connectivity index (χ0v) is 22.3. The predicted octanol–water partition coefficient (Wildman–Crippen LogP) is 3.49. The molecule has 0 bridgehead atoms. The summed E-state index contributed by atoms with van der Waals surface area (Å²) in [7, 11) is 3.46. The summed E-state index contributed by atoms with van der Waals surface area (Å²) in [6, 6.07) is 6.18. The van der Waals surface area contributed by atoms with Crippen LogP contribution in [0.25, 0.3) is 0 Å². The van der Waals surface area contributed by atoms with Crippen LogP contribution in [0, 0.1) is 5.92 Å². The topological polar surface area (TPSA) is 67.3 Å². The van der Waals surface area contributed by atoms with E-state index < -0.39 is 5.60 Å². The molecule has 1 saturated carbocycles.